The molecule has 1 heterocycles. The molecule has 4 aliphatic rings. The van der Waals surface area contributed by atoms with Crippen LogP contribution in [0.2, 0.25) is 10.0 Å². The number of benzene rings is 1. The Labute approximate surface area is 196 Å². The lowest BCUT2D eigenvalue weighted by molar-refractivity contribution is -0.131. The molecule has 5 rings (SSSR count). The number of rotatable bonds is 2. The summed E-state index contributed by atoms with van der Waals surface area (Å²) in [6.45, 7) is 0. The van der Waals surface area contributed by atoms with Crippen molar-refractivity contribution in [2.24, 2.45) is 5.92 Å². The van der Waals surface area contributed by atoms with Crippen molar-refractivity contribution in [3.05, 3.63) is 22.2 Å². The molecule has 6 heteroatoms. The lowest BCUT2D eigenvalue weighted by Gasteiger charge is -2.53. The third-order valence-electron chi connectivity index (χ3n) is 8.47. The van der Waals surface area contributed by atoms with Crippen molar-refractivity contribution in [3.63, 3.8) is 0 Å². The molecule has 3 N–H and O–H groups in total. The Bertz CT molecular complexity index is 832. The maximum Gasteiger partial charge on any atom is 0.246 e. The number of carbonyl (C=O) groups excluding carboxylic acids is 1. The van der Waals surface area contributed by atoms with Crippen LogP contribution in [0.25, 0.3) is 0 Å². The maximum atomic E-state index is 14.1. The van der Waals surface area contributed by atoms with Gasteiger partial charge < -0.3 is 16.0 Å². The largest absolute Gasteiger partial charge is 0.378 e. The van der Waals surface area contributed by atoms with E-state index in [1.54, 1.807) is 0 Å². The van der Waals surface area contributed by atoms with Gasteiger partial charge >= 0.3 is 0 Å². The lowest BCUT2D eigenvalue weighted by Crippen LogP contribution is -2.66. The zero-order chi connectivity index (χ0) is 21.5. The molecule has 31 heavy (non-hydrogen) atoms. The molecular formula is C25H35Cl2N3O. The summed E-state index contributed by atoms with van der Waals surface area (Å²) in [5.74, 6) is 0.456. The van der Waals surface area contributed by atoms with Gasteiger partial charge in [0, 0.05) is 17.5 Å². The van der Waals surface area contributed by atoms with Gasteiger partial charge in [-0.1, -0.05) is 74.6 Å². The molecule has 0 radical (unpaired) electrons. The first kappa shape index (κ1) is 21.7. The van der Waals surface area contributed by atoms with Crippen molar-refractivity contribution < 1.29 is 4.79 Å². The molecular weight excluding hydrogens is 429 g/mol. The molecule has 0 aromatic heterocycles. The summed E-state index contributed by atoms with van der Waals surface area (Å²) in [6.07, 6.45) is 16.1. The summed E-state index contributed by atoms with van der Waals surface area (Å²) in [6, 6.07) is 4.17. The summed E-state index contributed by atoms with van der Waals surface area (Å²) in [5, 5.41) is 12.3. The van der Waals surface area contributed by atoms with Gasteiger partial charge in [0.1, 0.15) is 5.54 Å². The number of hydrogen-bond acceptors (Lipinski definition) is 3. The molecule has 1 spiro atoms. The SMILES string of the molecule is O=C(NC1CCCCC1)C12CCCCC1C1(CCCCC1)Nc1cc(Cl)c(Cl)cc1N2. The molecule has 4 nitrogen and oxygen atoms in total. The fraction of sp³-hybridized carbons (Fsp3) is 0.720. The Morgan fingerprint density at radius 1 is 0.806 bits per heavy atom. The number of amides is 1. The van der Waals surface area contributed by atoms with Crippen LogP contribution in [-0.2, 0) is 4.79 Å². The monoisotopic (exact) mass is 463 g/mol. The quantitative estimate of drug-likeness (QED) is 0.446. The predicted molar refractivity (Wildman–Crippen MR) is 129 cm³/mol. The van der Waals surface area contributed by atoms with E-state index in [-0.39, 0.29) is 17.4 Å². The van der Waals surface area contributed by atoms with E-state index in [9.17, 15) is 4.79 Å². The third-order valence-corrected chi connectivity index (χ3v) is 9.19. The first-order valence-electron chi connectivity index (χ1n) is 12.4. The Hall–Kier alpha value is -1.13. The lowest BCUT2D eigenvalue weighted by atomic mass is 9.59. The van der Waals surface area contributed by atoms with E-state index in [0.29, 0.717) is 16.1 Å². The average Bonchev–Trinajstić information content (AvgIpc) is 2.89. The van der Waals surface area contributed by atoms with Gasteiger partial charge in [-0.15, -0.1) is 0 Å². The minimum absolute atomic E-state index is 0.0714. The topological polar surface area (TPSA) is 53.2 Å². The van der Waals surface area contributed by atoms with Crippen LogP contribution in [-0.4, -0.2) is 23.0 Å². The zero-order valence-corrected chi connectivity index (χ0v) is 19.9. The van der Waals surface area contributed by atoms with Crippen LogP contribution >= 0.6 is 23.2 Å². The smallest absolute Gasteiger partial charge is 0.246 e. The van der Waals surface area contributed by atoms with E-state index in [1.165, 1.54) is 44.9 Å². The molecule has 1 amide bonds. The molecule has 0 saturated heterocycles. The second kappa shape index (κ2) is 8.67. The second-order valence-corrected chi connectivity index (χ2v) is 11.2. The summed E-state index contributed by atoms with van der Waals surface area (Å²) >= 11 is 12.9. The van der Waals surface area contributed by atoms with Gasteiger partial charge in [0.05, 0.1) is 21.4 Å². The molecule has 2 atom stereocenters. The molecule has 0 bridgehead atoms. The van der Waals surface area contributed by atoms with Crippen LogP contribution < -0.4 is 16.0 Å². The van der Waals surface area contributed by atoms with Crippen molar-refractivity contribution in [3.8, 4) is 0 Å². The molecule has 3 saturated carbocycles. The van der Waals surface area contributed by atoms with E-state index in [0.717, 1.165) is 56.3 Å². The van der Waals surface area contributed by atoms with Crippen molar-refractivity contribution in [1.29, 1.82) is 0 Å². The minimum Gasteiger partial charge on any atom is -0.378 e. The minimum atomic E-state index is -0.595. The normalized spacial score (nSPS) is 30.3. The fourth-order valence-corrected chi connectivity index (χ4v) is 7.29. The highest BCUT2D eigenvalue weighted by Gasteiger charge is 2.58. The van der Waals surface area contributed by atoms with Crippen molar-refractivity contribution in [2.45, 2.75) is 107 Å². The highest BCUT2D eigenvalue weighted by Crippen LogP contribution is 2.53. The summed E-state index contributed by atoms with van der Waals surface area (Å²) in [7, 11) is 0. The van der Waals surface area contributed by atoms with Gasteiger partial charge in [0.15, 0.2) is 0 Å². The van der Waals surface area contributed by atoms with E-state index in [2.05, 4.69) is 16.0 Å². The van der Waals surface area contributed by atoms with Crippen LogP contribution in [0.5, 0.6) is 0 Å². The summed E-state index contributed by atoms with van der Waals surface area (Å²) in [4.78, 5) is 14.1. The van der Waals surface area contributed by atoms with Gasteiger partial charge in [0.25, 0.3) is 0 Å². The number of hydrogen-bond donors (Lipinski definition) is 3. The van der Waals surface area contributed by atoms with Crippen LogP contribution in [0.1, 0.15) is 89.9 Å². The number of halogens is 2. The highest BCUT2D eigenvalue weighted by molar-refractivity contribution is 6.42. The van der Waals surface area contributed by atoms with Gasteiger partial charge in [-0.3, -0.25) is 4.79 Å². The summed E-state index contributed by atoms with van der Waals surface area (Å²) < 4.78 is 0. The highest BCUT2D eigenvalue weighted by atomic mass is 35.5. The van der Waals surface area contributed by atoms with E-state index in [4.69, 9.17) is 23.2 Å². The first-order valence-corrected chi connectivity index (χ1v) is 13.1. The number of fused-ring (bicyclic) bond motifs is 3. The third kappa shape index (κ3) is 3.93. The molecule has 170 valence electrons. The van der Waals surface area contributed by atoms with Crippen LogP contribution in [0, 0.1) is 5.92 Å². The summed E-state index contributed by atoms with van der Waals surface area (Å²) in [5.41, 5.74) is 1.25. The van der Waals surface area contributed by atoms with Crippen molar-refractivity contribution >= 4 is 40.5 Å². The Morgan fingerprint density at radius 3 is 2.10 bits per heavy atom. The van der Waals surface area contributed by atoms with Crippen LogP contribution in [0.15, 0.2) is 12.1 Å². The molecule has 3 aliphatic carbocycles. The Balaban J connectivity index is 1.58. The van der Waals surface area contributed by atoms with Crippen LogP contribution in [0.3, 0.4) is 0 Å². The second-order valence-electron chi connectivity index (χ2n) is 10.4. The Kier molecular flexibility index (Phi) is 6.07. The van der Waals surface area contributed by atoms with Gasteiger partial charge in [-0.25, -0.2) is 0 Å². The number of carbonyl (C=O) groups is 1. The van der Waals surface area contributed by atoms with Crippen molar-refractivity contribution in [2.75, 3.05) is 10.6 Å². The van der Waals surface area contributed by atoms with E-state index >= 15 is 0 Å². The molecule has 1 aliphatic heterocycles. The number of anilines is 2. The molecule has 1 aromatic rings. The van der Waals surface area contributed by atoms with Crippen molar-refractivity contribution in [1.82, 2.24) is 5.32 Å². The molecule has 2 unspecified atom stereocenters. The van der Waals surface area contributed by atoms with Gasteiger partial charge in [-0.2, -0.15) is 0 Å². The van der Waals surface area contributed by atoms with Gasteiger partial charge in [0.2, 0.25) is 5.91 Å². The average molecular weight is 464 g/mol. The molecule has 1 aromatic carbocycles. The predicted octanol–water partition coefficient (Wildman–Crippen LogP) is 6.91. The molecule has 3 fully saturated rings. The first-order chi connectivity index (χ1) is 15.0. The zero-order valence-electron chi connectivity index (χ0n) is 18.4. The van der Waals surface area contributed by atoms with Gasteiger partial charge in [-0.05, 0) is 50.7 Å². The fourth-order valence-electron chi connectivity index (χ4n) is 6.97. The number of nitrogens with one attached hydrogen (secondary N) is 3. The maximum absolute atomic E-state index is 14.1. The Morgan fingerprint density at radius 2 is 1.39 bits per heavy atom. The van der Waals surface area contributed by atoms with Crippen LogP contribution in [0.4, 0.5) is 11.4 Å². The van der Waals surface area contributed by atoms with E-state index in [1.807, 2.05) is 12.1 Å². The standard InChI is InChI=1S/C25H35Cl2N3O/c26-18-15-20-21(16-19(18)27)30-25(23(31)28-17-9-3-1-4-10-17)14-8-5-11-22(25)24(29-20)12-6-2-7-13-24/h15-17,22,29-30H,1-14H2,(H,28,31). The van der Waals surface area contributed by atoms with E-state index < -0.39 is 5.54 Å².